The van der Waals surface area contributed by atoms with Gasteiger partial charge in [-0.3, -0.25) is 62.9 Å². The molecule has 6 fully saturated rings. The zero-order chi connectivity index (χ0) is 96.5. The molecule has 5 N–H and O–H groups in total. The molecule has 22 nitrogen and oxygen atoms in total. The number of anilines is 5. The number of pyridine rings is 1. The van der Waals surface area contributed by atoms with Gasteiger partial charge in [-0.15, -0.1) is 58.8 Å². The minimum absolute atomic E-state index is 0. The number of benzene rings is 5. The molecular formula is C94H115Cl5F12N12O10. The number of hydrogen-bond donors (Lipinski definition) is 5. The summed E-state index contributed by atoms with van der Waals surface area (Å²) in [7, 11) is 3.74. The van der Waals surface area contributed by atoms with E-state index < -0.39 is 147 Å². The summed E-state index contributed by atoms with van der Waals surface area (Å²) in [5, 5.41) is 15.3. The smallest absolute Gasteiger partial charge is 0.416 e. The normalized spacial score (nSPS) is 17.3. The van der Waals surface area contributed by atoms with Crippen molar-refractivity contribution in [1.82, 2.24) is 36.5 Å². The van der Waals surface area contributed by atoms with Crippen LogP contribution in [0.3, 0.4) is 0 Å². The first-order valence-electron chi connectivity index (χ1n) is 44.3. The number of aromatic nitrogens is 1. The first kappa shape index (κ1) is 109. The van der Waals surface area contributed by atoms with Gasteiger partial charge in [0, 0.05) is 86.0 Å². The predicted octanol–water partition coefficient (Wildman–Crippen LogP) is 20.2. The Balaban J connectivity index is 0.000000218. The lowest BCUT2D eigenvalue weighted by Gasteiger charge is -2.48. The first-order valence-corrected chi connectivity index (χ1v) is 46.4. The Kier molecular flexibility index (Phi) is 40.5. The second-order valence-corrected chi connectivity index (χ2v) is 35.9. The molecular weight excluding hydrogens is 1860 g/mol. The van der Waals surface area contributed by atoms with Crippen molar-refractivity contribution in [2.75, 3.05) is 88.3 Å². The van der Waals surface area contributed by atoms with Crippen LogP contribution in [-0.2, 0) is 67.8 Å². The summed E-state index contributed by atoms with van der Waals surface area (Å²) in [4.78, 5) is 131. The van der Waals surface area contributed by atoms with Gasteiger partial charge in [0.15, 0.2) is 6.04 Å². The first-order chi connectivity index (χ1) is 62.5. The highest BCUT2D eigenvalue weighted by molar-refractivity contribution is 6.31. The second-order valence-electron chi connectivity index (χ2n) is 34.8. The molecule has 133 heavy (non-hydrogen) atoms. The van der Waals surface area contributed by atoms with Gasteiger partial charge in [-0.25, -0.2) is 4.79 Å². The van der Waals surface area contributed by atoms with Gasteiger partial charge in [0.1, 0.15) is 46.2 Å². The summed E-state index contributed by atoms with van der Waals surface area (Å²) in [5.41, 5.74) is -5.71. The molecule has 12 rings (SSSR count). The Labute approximate surface area is 793 Å². The molecule has 2 aliphatic heterocycles. The maximum atomic E-state index is 13.9. The lowest BCUT2D eigenvalue weighted by Crippen LogP contribution is -2.67. The van der Waals surface area contributed by atoms with E-state index in [1.165, 1.54) is 64.5 Å². The number of halogens is 17. The molecule has 1 aromatic heterocycles. The zero-order valence-electron chi connectivity index (χ0n) is 74.6. The highest BCUT2D eigenvalue weighted by Crippen LogP contribution is 2.44. The Morgan fingerprint density at radius 2 is 0.752 bits per heavy atom. The third-order valence-corrected chi connectivity index (χ3v) is 25.0. The fourth-order valence-electron chi connectivity index (χ4n) is 17.5. The maximum Gasteiger partial charge on any atom is 0.416 e. The number of piperidine rings is 2. The number of alkyl halides is 16. The topological polar surface area (TPSA) is 255 Å². The SMILES string of the molecule is CC(C)(C)OC(=O)N1CCC(C(=O)NC2CCCCC2)(N(C(=O)CCl)c2cccc(C(F)(F)F)c2)CC1.CN(C)c1ccc(C(C(=O)NC2CCCCC2)N(C(=O)CCl)c2cccc(C(F)(F)F)c2)cc1.Cl.O=C(CCl)N(c1cccc(C(F)(F)F)c1)C1(C(=O)NC2CCCCC2)CCNCC1.O=C(NC1CCCCC1)C(c1ccccn1)N(C(=O)CCl)c1cccc(C(F)(F)F)c1. The van der Waals surface area contributed by atoms with E-state index in [0.29, 0.717) is 31.5 Å². The number of carbonyl (C=O) groups is 9. The van der Waals surface area contributed by atoms with Crippen LogP contribution in [0.5, 0.6) is 0 Å². The molecule has 2 saturated heterocycles. The second kappa shape index (κ2) is 49.4. The molecule has 5 aromatic carbocycles. The number of hydrogen-bond acceptors (Lipinski definition) is 13. The molecule has 39 heteroatoms. The molecule has 0 spiro atoms. The summed E-state index contributed by atoms with van der Waals surface area (Å²) in [6.45, 7) is 6.34. The number of carbonyl (C=O) groups excluding carboxylic acids is 9. The van der Waals surface area contributed by atoms with E-state index in [1.54, 1.807) is 63.2 Å². The van der Waals surface area contributed by atoms with Crippen LogP contribution in [0.25, 0.3) is 0 Å². The molecule has 6 aliphatic rings. The van der Waals surface area contributed by atoms with Gasteiger partial charge in [0.25, 0.3) is 0 Å². The molecule has 9 amide bonds. The van der Waals surface area contributed by atoms with Crippen molar-refractivity contribution in [1.29, 1.82) is 0 Å². The monoisotopic (exact) mass is 1970 g/mol. The summed E-state index contributed by atoms with van der Waals surface area (Å²) >= 11 is 23.4. The van der Waals surface area contributed by atoms with Crippen LogP contribution in [-0.4, -0.2) is 168 Å². The van der Waals surface area contributed by atoms with Gasteiger partial charge >= 0.3 is 30.8 Å². The van der Waals surface area contributed by atoms with Crippen molar-refractivity contribution in [2.45, 2.75) is 253 Å². The molecule has 4 aliphatic carbocycles. The van der Waals surface area contributed by atoms with Crippen LogP contribution in [0.15, 0.2) is 146 Å². The summed E-state index contributed by atoms with van der Waals surface area (Å²) in [6, 6.07) is 26.9. The van der Waals surface area contributed by atoms with E-state index in [1.807, 2.05) is 19.0 Å². The summed E-state index contributed by atoms with van der Waals surface area (Å²) in [6.07, 6.45) is 2.05. The highest BCUT2D eigenvalue weighted by atomic mass is 35.5. The highest BCUT2D eigenvalue weighted by Gasteiger charge is 2.53. The van der Waals surface area contributed by atoms with E-state index in [9.17, 15) is 95.8 Å². The number of rotatable bonds is 23. The number of nitrogens with one attached hydrogen (secondary N) is 5. The minimum atomic E-state index is -4.64. The molecule has 0 bridgehead atoms. The number of likely N-dealkylation sites (tertiary alicyclic amines) is 1. The number of nitrogens with zero attached hydrogens (tertiary/aromatic N) is 7. The Morgan fingerprint density at radius 1 is 0.421 bits per heavy atom. The van der Waals surface area contributed by atoms with Gasteiger partial charge < -0.3 is 41.1 Å². The van der Waals surface area contributed by atoms with Crippen LogP contribution in [0.1, 0.15) is 220 Å². The van der Waals surface area contributed by atoms with Gasteiger partial charge in [0.05, 0.1) is 27.9 Å². The van der Waals surface area contributed by atoms with Crippen molar-refractivity contribution in [3.8, 4) is 0 Å². The van der Waals surface area contributed by atoms with Crippen molar-refractivity contribution < 1.29 is 101 Å². The van der Waals surface area contributed by atoms with Crippen molar-refractivity contribution in [3.63, 3.8) is 0 Å². The molecule has 2 unspecified atom stereocenters. The van der Waals surface area contributed by atoms with Crippen LogP contribution in [0.2, 0.25) is 0 Å². The predicted molar refractivity (Wildman–Crippen MR) is 491 cm³/mol. The van der Waals surface area contributed by atoms with Crippen molar-refractivity contribution in [2.24, 2.45) is 0 Å². The number of ether oxygens (including phenoxy) is 1. The van der Waals surface area contributed by atoms with Gasteiger partial charge in [-0.1, -0.05) is 120 Å². The molecule has 3 heterocycles. The average molecular weight is 1980 g/mol. The van der Waals surface area contributed by atoms with Crippen LogP contribution in [0.4, 0.5) is 85.9 Å². The summed E-state index contributed by atoms with van der Waals surface area (Å²) in [5.74, 6) is -6.28. The lowest BCUT2D eigenvalue weighted by atomic mass is 9.83. The van der Waals surface area contributed by atoms with Gasteiger partial charge in [-0.2, -0.15) is 52.7 Å². The molecule has 730 valence electrons. The van der Waals surface area contributed by atoms with Crippen molar-refractivity contribution in [3.05, 3.63) is 179 Å². The third-order valence-electron chi connectivity index (χ3n) is 24.1. The molecule has 4 saturated carbocycles. The zero-order valence-corrected chi connectivity index (χ0v) is 78.5. The fraction of sp³-hybridized carbons (Fsp3) is 0.532. The molecule has 0 radical (unpaired) electrons. The molecule has 6 aromatic rings. The maximum absolute atomic E-state index is 13.9. The largest absolute Gasteiger partial charge is 0.444 e. The van der Waals surface area contributed by atoms with E-state index in [-0.39, 0.29) is 96.9 Å². The van der Waals surface area contributed by atoms with Gasteiger partial charge in [-0.05, 0) is 214 Å². The number of amides is 9. The quantitative estimate of drug-likeness (QED) is 0.0296. The van der Waals surface area contributed by atoms with Crippen molar-refractivity contribution >= 4 is 141 Å². The van der Waals surface area contributed by atoms with E-state index in [0.717, 1.165) is 197 Å². The van der Waals surface area contributed by atoms with Crippen LogP contribution < -0.4 is 51.1 Å². The van der Waals surface area contributed by atoms with Crippen LogP contribution >= 0.6 is 58.8 Å². The average Bonchev–Trinajstić information content (AvgIpc) is 0.750. The van der Waals surface area contributed by atoms with E-state index in [2.05, 4.69) is 31.6 Å². The molecule has 2 atom stereocenters. The van der Waals surface area contributed by atoms with E-state index >= 15 is 0 Å². The Morgan fingerprint density at radius 3 is 1.08 bits per heavy atom. The Bertz CT molecular complexity index is 4830. The lowest BCUT2D eigenvalue weighted by molar-refractivity contribution is -0.138. The minimum Gasteiger partial charge on any atom is -0.444 e. The summed E-state index contributed by atoms with van der Waals surface area (Å²) < 4.78 is 166. The van der Waals surface area contributed by atoms with Crippen LogP contribution in [0, 0.1) is 0 Å². The van der Waals surface area contributed by atoms with Gasteiger partial charge in [0.2, 0.25) is 47.3 Å². The Hall–Kier alpha value is -9.35. The van der Waals surface area contributed by atoms with E-state index in [4.69, 9.17) is 51.1 Å². The fourth-order valence-corrected chi connectivity index (χ4v) is 18.0. The third kappa shape index (κ3) is 30.1. The standard InChI is InChI=1S/C26H35ClF3N3O4.C25H29ClF3N3O2.C22H23ClF3N3O2.C21H27ClF3N3O2.ClH/c1-24(2,3)37-23(36)32-14-12-25(13-15-32,22(35)31-19-9-5-4-6-10-19)33(21(34)17-27)20-11-7-8-18(16-20)26(28,29)30;1-31(2)20-13-11-17(12-14-20)23(24(34)30-19-8-4-3-5-9-19)32(22(33)16-26)21-10-6-7-18(15-21)25(27,28)29;23-14-19(30)29(17-10-6-7-15(13-17)22(24,25)26)20(18-11-4-5-12-27-18)21(31)28-16-8-2-1-3-9-16;22-14-18(29)28(17-8-4-5-15(13-17)21(23,24)25)20(9-11-26-12-10-20)19(30)27-16-6-2-1-3-7-16;/h7-8,11,16,19H,4-6,9-10,12-15,17H2,1-3H3,(H,31,35);6-7,10-15,19,23H,3-5,8-9,16H2,1-2H3,(H,30,34);4-7,10-13,16,20H,1-3,8-9,14H2,(H,28,31);4-5,8,13,16,26H,1-3,6-7,9-12,14H2,(H,27,30);1H.